The molecule has 0 spiro atoms. The highest BCUT2D eigenvalue weighted by Gasteiger charge is 2.23. The molecule has 1 aromatic rings. The van der Waals surface area contributed by atoms with Crippen LogP contribution >= 0.6 is 0 Å². The number of amides is 2. The summed E-state index contributed by atoms with van der Waals surface area (Å²) in [7, 11) is 0. The van der Waals surface area contributed by atoms with E-state index in [2.05, 4.69) is 10.0 Å². The lowest BCUT2D eigenvalue weighted by Gasteiger charge is -2.16. The van der Waals surface area contributed by atoms with Crippen LogP contribution in [0.15, 0.2) is 29.4 Å². The molecule has 0 atom stereocenters. The molecule has 6 nitrogen and oxygen atoms in total. The first kappa shape index (κ1) is 12.1. The molecule has 0 N–H and O–H groups in total. The van der Waals surface area contributed by atoms with Crippen molar-refractivity contribution in [3.8, 4) is 0 Å². The minimum Gasteiger partial charge on any atom is -0.339 e. The minimum absolute atomic E-state index is 0.159. The van der Waals surface area contributed by atoms with Crippen LogP contribution in [0.1, 0.15) is 33.6 Å². The maximum absolute atomic E-state index is 12.2. The monoisotopic (exact) mass is 244 g/mol. The number of carbonyl (C=O) groups is 2. The summed E-state index contributed by atoms with van der Waals surface area (Å²) in [6.07, 6.45) is 1.97. The van der Waals surface area contributed by atoms with Gasteiger partial charge in [0.1, 0.15) is 0 Å². The summed E-state index contributed by atoms with van der Waals surface area (Å²) in [5.74, 6) is -0.898. The van der Waals surface area contributed by atoms with Crippen LogP contribution in [-0.4, -0.2) is 29.8 Å². The van der Waals surface area contributed by atoms with Crippen LogP contribution in [0.4, 0.5) is 0 Å². The van der Waals surface area contributed by atoms with Gasteiger partial charge in [-0.3, -0.25) is 9.59 Å². The highest BCUT2D eigenvalue weighted by molar-refractivity contribution is 6.07. The quantitative estimate of drug-likeness (QED) is 0.454. The summed E-state index contributed by atoms with van der Waals surface area (Å²) in [6, 6.07) is 6.41. The summed E-state index contributed by atoms with van der Waals surface area (Å²) in [5.41, 5.74) is 8.74. The molecule has 0 radical (unpaired) electrons. The van der Waals surface area contributed by atoms with Gasteiger partial charge in [-0.1, -0.05) is 18.2 Å². The van der Waals surface area contributed by atoms with Crippen LogP contribution in [0, 0.1) is 0 Å². The minimum atomic E-state index is -0.722. The van der Waals surface area contributed by atoms with Gasteiger partial charge in [0, 0.05) is 23.6 Å². The molecular weight excluding hydrogens is 232 g/mol. The number of benzene rings is 1. The van der Waals surface area contributed by atoms with E-state index in [9.17, 15) is 9.59 Å². The van der Waals surface area contributed by atoms with E-state index < -0.39 is 5.91 Å². The first-order chi connectivity index (χ1) is 8.74. The zero-order valence-electron chi connectivity index (χ0n) is 9.74. The van der Waals surface area contributed by atoms with E-state index in [1.165, 1.54) is 6.07 Å². The van der Waals surface area contributed by atoms with Gasteiger partial charge in [-0.15, -0.1) is 0 Å². The van der Waals surface area contributed by atoms with Crippen molar-refractivity contribution in [2.75, 3.05) is 13.1 Å². The maximum atomic E-state index is 12.2. The Balaban J connectivity index is 2.34. The standard InChI is InChI=1S/C12H12N4O2/c13-15-14-11(17)9-5-1-2-6-10(9)12(18)16-7-3-4-8-16/h1-2,5-6H,3-4,7-8H2. The maximum Gasteiger partial charge on any atom is 0.254 e. The molecule has 1 heterocycles. The molecule has 92 valence electrons. The van der Waals surface area contributed by atoms with Crippen molar-refractivity contribution in [1.82, 2.24) is 4.90 Å². The van der Waals surface area contributed by atoms with Crippen molar-refractivity contribution in [3.05, 3.63) is 45.8 Å². The van der Waals surface area contributed by atoms with Crippen molar-refractivity contribution in [3.63, 3.8) is 0 Å². The zero-order valence-corrected chi connectivity index (χ0v) is 9.74. The number of rotatable bonds is 2. The predicted molar refractivity (Wildman–Crippen MR) is 65.1 cm³/mol. The third-order valence-corrected chi connectivity index (χ3v) is 2.92. The molecule has 1 fully saturated rings. The summed E-state index contributed by atoms with van der Waals surface area (Å²) in [4.78, 5) is 28.0. The van der Waals surface area contributed by atoms with Gasteiger partial charge >= 0.3 is 0 Å². The highest BCUT2D eigenvalue weighted by Crippen LogP contribution is 2.17. The summed E-state index contributed by atoms with van der Waals surface area (Å²) >= 11 is 0. The lowest BCUT2D eigenvalue weighted by molar-refractivity contribution is 0.0787. The van der Waals surface area contributed by atoms with Gasteiger partial charge in [-0.2, -0.15) is 0 Å². The Hall–Kier alpha value is -2.33. The molecule has 0 saturated carbocycles. The largest absolute Gasteiger partial charge is 0.339 e. The van der Waals surface area contributed by atoms with Gasteiger partial charge in [0.15, 0.2) is 0 Å². The molecule has 1 aliphatic rings. The van der Waals surface area contributed by atoms with Crippen LogP contribution in [0.25, 0.3) is 10.4 Å². The van der Waals surface area contributed by atoms with Crippen LogP contribution in [0.5, 0.6) is 0 Å². The SMILES string of the molecule is [N-]=[N+]=NC(=O)c1ccccc1C(=O)N1CCCC1. The second kappa shape index (κ2) is 5.33. The Labute approximate surface area is 104 Å². The Morgan fingerprint density at radius 1 is 1.17 bits per heavy atom. The van der Waals surface area contributed by atoms with Gasteiger partial charge in [0.2, 0.25) is 5.91 Å². The second-order valence-corrected chi connectivity index (χ2v) is 4.04. The van der Waals surface area contributed by atoms with Gasteiger partial charge in [-0.05, 0) is 29.6 Å². The number of azide groups is 1. The zero-order chi connectivity index (χ0) is 13.0. The Morgan fingerprint density at radius 2 is 1.78 bits per heavy atom. The molecule has 0 aliphatic carbocycles. The molecule has 1 aliphatic heterocycles. The molecule has 2 amide bonds. The molecule has 0 unspecified atom stereocenters. The third-order valence-electron chi connectivity index (χ3n) is 2.92. The fourth-order valence-electron chi connectivity index (χ4n) is 2.04. The number of hydrogen-bond donors (Lipinski definition) is 0. The van der Waals surface area contributed by atoms with Gasteiger partial charge < -0.3 is 4.90 Å². The van der Waals surface area contributed by atoms with Crippen molar-refractivity contribution < 1.29 is 9.59 Å². The van der Waals surface area contributed by atoms with E-state index in [0.29, 0.717) is 18.7 Å². The molecular formula is C12H12N4O2. The molecule has 6 heteroatoms. The first-order valence-electron chi connectivity index (χ1n) is 5.72. The van der Waals surface area contributed by atoms with Crippen LogP contribution < -0.4 is 0 Å². The number of nitrogens with zero attached hydrogens (tertiary/aromatic N) is 4. The fraction of sp³-hybridized carbons (Fsp3) is 0.333. The number of likely N-dealkylation sites (tertiary alicyclic amines) is 1. The molecule has 2 rings (SSSR count). The third kappa shape index (κ3) is 2.33. The molecule has 1 saturated heterocycles. The van der Waals surface area contributed by atoms with Crippen molar-refractivity contribution in [2.45, 2.75) is 12.8 Å². The molecule has 1 aromatic carbocycles. The Bertz CT molecular complexity index is 529. The van der Waals surface area contributed by atoms with Gasteiger partial charge in [0.25, 0.3) is 5.91 Å². The second-order valence-electron chi connectivity index (χ2n) is 4.04. The van der Waals surface area contributed by atoms with E-state index >= 15 is 0 Å². The Morgan fingerprint density at radius 3 is 2.39 bits per heavy atom. The molecule has 0 aromatic heterocycles. The summed E-state index contributed by atoms with van der Waals surface area (Å²) in [5, 5.41) is 3.04. The normalized spacial score (nSPS) is 14.1. The smallest absolute Gasteiger partial charge is 0.254 e. The van der Waals surface area contributed by atoms with Crippen LogP contribution in [-0.2, 0) is 0 Å². The topological polar surface area (TPSA) is 86.1 Å². The first-order valence-corrected chi connectivity index (χ1v) is 5.72. The average molecular weight is 244 g/mol. The van der Waals surface area contributed by atoms with Crippen LogP contribution in [0.3, 0.4) is 0 Å². The van der Waals surface area contributed by atoms with Gasteiger partial charge in [0.05, 0.1) is 5.56 Å². The predicted octanol–water partition coefficient (Wildman–Crippen LogP) is 2.37. The van der Waals surface area contributed by atoms with Gasteiger partial charge in [-0.25, -0.2) is 0 Å². The number of hydrogen-bond acceptors (Lipinski definition) is 2. The average Bonchev–Trinajstić information content (AvgIpc) is 2.92. The van der Waals surface area contributed by atoms with E-state index in [1.54, 1.807) is 23.1 Å². The summed E-state index contributed by atoms with van der Waals surface area (Å²) < 4.78 is 0. The van der Waals surface area contributed by atoms with Crippen molar-refractivity contribution in [2.24, 2.45) is 5.11 Å². The van der Waals surface area contributed by atoms with E-state index in [-0.39, 0.29) is 11.5 Å². The van der Waals surface area contributed by atoms with Crippen LogP contribution in [0.2, 0.25) is 0 Å². The lowest BCUT2D eigenvalue weighted by Crippen LogP contribution is -2.28. The van der Waals surface area contributed by atoms with Crippen molar-refractivity contribution in [1.29, 1.82) is 0 Å². The van der Waals surface area contributed by atoms with E-state index in [1.807, 2.05) is 0 Å². The molecule has 18 heavy (non-hydrogen) atoms. The number of carbonyl (C=O) groups excluding carboxylic acids is 2. The Kier molecular flexibility index (Phi) is 3.60. The summed E-state index contributed by atoms with van der Waals surface area (Å²) in [6.45, 7) is 1.42. The lowest BCUT2D eigenvalue weighted by atomic mass is 10.1. The van der Waals surface area contributed by atoms with E-state index in [0.717, 1.165) is 12.8 Å². The fourth-order valence-corrected chi connectivity index (χ4v) is 2.04. The van der Waals surface area contributed by atoms with Crippen molar-refractivity contribution >= 4 is 11.8 Å². The molecule has 0 bridgehead atoms. The van der Waals surface area contributed by atoms with E-state index in [4.69, 9.17) is 5.53 Å². The highest BCUT2D eigenvalue weighted by atomic mass is 16.2.